The average Bonchev–Trinajstić information content (AvgIpc) is 2.45. The number of ether oxygens (including phenoxy) is 1. The molecule has 0 spiro atoms. The van der Waals surface area contributed by atoms with E-state index >= 15 is 0 Å². The Hall–Kier alpha value is -2.69. The number of aliphatic carboxylic acids is 1. The average molecular weight is 287 g/mol. The van der Waals surface area contributed by atoms with Gasteiger partial charge in [0.2, 0.25) is 0 Å². The summed E-state index contributed by atoms with van der Waals surface area (Å²) in [6.45, 7) is 2.00. The second-order valence-electron chi connectivity index (χ2n) is 4.39. The van der Waals surface area contributed by atoms with E-state index in [0.717, 1.165) is 11.6 Å². The van der Waals surface area contributed by atoms with E-state index < -0.39 is 11.8 Å². The maximum absolute atomic E-state index is 13.9. The molecule has 1 heterocycles. The highest BCUT2D eigenvalue weighted by Crippen LogP contribution is 2.25. The van der Waals surface area contributed by atoms with E-state index in [1.807, 2.05) is 19.1 Å². The van der Waals surface area contributed by atoms with Crippen LogP contribution in [0.3, 0.4) is 0 Å². The second-order valence-corrected chi connectivity index (χ2v) is 4.39. The van der Waals surface area contributed by atoms with Crippen LogP contribution in [-0.4, -0.2) is 16.1 Å². The molecule has 108 valence electrons. The first-order valence-electron chi connectivity index (χ1n) is 6.30. The highest BCUT2D eigenvalue weighted by Gasteiger charge is 2.09. The van der Waals surface area contributed by atoms with Gasteiger partial charge in [-0.1, -0.05) is 18.2 Å². The molecule has 2 rings (SSSR count). The predicted octanol–water partition coefficient (Wildman–Crippen LogP) is 3.21. The first-order valence-corrected chi connectivity index (χ1v) is 6.30. The van der Waals surface area contributed by atoms with Crippen molar-refractivity contribution in [3.63, 3.8) is 0 Å². The number of carboxylic acids is 1. The Balaban J connectivity index is 2.23. The molecule has 1 aromatic heterocycles. The van der Waals surface area contributed by atoms with Gasteiger partial charge >= 0.3 is 5.97 Å². The Morgan fingerprint density at radius 1 is 1.38 bits per heavy atom. The molecule has 0 radical (unpaired) electrons. The maximum Gasteiger partial charge on any atom is 0.328 e. The van der Waals surface area contributed by atoms with Crippen LogP contribution in [0, 0.1) is 12.7 Å². The zero-order valence-electron chi connectivity index (χ0n) is 11.4. The fourth-order valence-corrected chi connectivity index (χ4v) is 1.78. The summed E-state index contributed by atoms with van der Waals surface area (Å²) in [5, 5.41) is 8.65. The van der Waals surface area contributed by atoms with Gasteiger partial charge in [0.1, 0.15) is 6.61 Å². The van der Waals surface area contributed by atoms with Gasteiger partial charge in [0, 0.05) is 17.8 Å². The third-order valence-electron chi connectivity index (χ3n) is 2.87. The molecule has 0 aliphatic carbocycles. The first-order chi connectivity index (χ1) is 10.1. The van der Waals surface area contributed by atoms with Gasteiger partial charge in [-0.2, -0.15) is 0 Å². The van der Waals surface area contributed by atoms with Gasteiger partial charge < -0.3 is 9.84 Å². The number of benzene rings is 1. The second kappa shape index (κ2) is 6.65. The molecule has 1 aromatic carbocycles. The molecular formula is C16H14FNO3. The van der Waals surface area contributed by atoms with Crippen molar-refractivity contribution < 1.29 is 19.0 Å². The number of hydrogen-bond acceptors (Lipinski definition) is 3. The number of aromatic nitrogens is 1. The van der Waals surface area contributed by atoms with E-state index in [4.69, 9.17) is 9.84 Å². The normalized spacial score (nSPS) is 10.8. The fourth-order valence-electron chi connectivity index (χ4n) is 1.78. The summed E-state index contributed by atoms with van der Waals surface area (Å²) in [4.78, 5) is 14.7. The summed E-state index contributed by atoms with van der Waals surface area (Å²) in [7, 11) is 0. The van der Waals surface area contributed by atoms with Crippen molar-refractivity contribution in [2.24, 2.45) is 0 Å². The van der Waals surface area contributed by atoms with Gasteiger partial charge in [-0.15, -0.1) is 0 Å². The zero-order valence-corrected chi connectivity index (χ0v) is 11.4. The third kappa shape index (κ3) is 3.89. The largest absolute Gasteiger partial charge is 0.484 e. The topological polar surface area (TPSA) is 59.4 Å². The molecule has 0 aliphatic heterocycles. The summed E-state index contributed by atoms with van der Waals surface area (Å²) >= 11 is 0. The summed E-state index contributed by atoms with van der Waals surface area (Å²) in [5.74, 6) is -1.64. The van der Waals surface area contributed by atoms with Crippen molar-refractivity contribution in [1.82, 2.24) is 4.98 Å². The lowest BCUT2D eigenvalue weighted by Gasteiger charge is -2.11. The lowest BCUT2D eigenvalue weighted by molar-refractivity contribution is -0.131. The van der Waals surface area contributed by atoms with E-state index in [0.29, 0.717) is 11.3 Å². The van der Waals surface area contributed by atoms with E-state index in [1.54, 1.807) is 12.3 Å². The number of para-hydroxylation sites is 1. The molecule has 0 aliphatic rings. The number of rotatable bonds is 5. The lowest BCUT2D eigenvalue weighted by Crippen LogP contribution is -2.03. The number of aryl methyl sites for hydroxylation is 1. The zero-order chi connectivity index (χ0) is 15.2. The van der Waals surface area contributed by atoms with Crippen LogP contribution in [0.1, 0.15) is 16.8 Å². The van der Waals surface area contributed by atoms with Crippen LogP contribution >= 0.6 is 0 Å². The molecule has 21 heavy (non-hydrogen) atoms. The molecule has 5 heteroatoms. The minimum atomic E-state index is -1.11. The molecule has 0 fully saturated rings. The van der Waals surface area contributed by atoms with Gasteiger partial charge in [0.05, 0.1) is 5.69 Å². The van der Waals surface area contributed by atoms with Gasteiger partial charge in [0.25, 0.3) is 0 Å². The smallest absolute Gasteiger partial charge is 0.328 e. The highest BCUT2D eigenvalue weighted by atomic mass is 19.1. The molecule has 0 atom stereocenters. The van der Waals surface area contributed by atoms with Crippen LogP contribution in [0.15, 0.2) is 42.6 Å². The van der Waals surface area contributed by atoms with Crippen LogP contribution < -0.4 is 4.74 Å². The van der Waals surface area contributed by atoms with Crippen molar-refractivity contribution >= 4 is 12.0 Å². The quantitative estimate of drug-likeness (QED) is 0.858. The summed E-state index contributed by atoms with van der Waals surface area (Å²) in [6.07, 6.45) is 3.87. The summed E-state index contributed by atoms with van der Waals surface area (Å²) in [6, 6.07) is 8.04. The summed E-state index contributed by atoms with van der Waals surface area (Å²) in [5.41, 5.74) is 2.01. The van der Waals surface area contributed by atoms with Crippen molar-refractivity contribution in [2.45, 2.75) is 13.5 Å². The molecule has 0 bridgehead atoms. The Morgan fingerprint density at radius 2 is 2.19 bits per heavy atom. The minimum Gasteiger partial charge on any atom is -0.484 e. The lowest BCUT2D eigenvalue weighted by atomic mass is 10.1. The Bertz CT molecular complexity index is 683. The van der Waals surface area contributed by atoms with Gasteiger partial charge in [-0.3, -0.25) is 4.98 Å². The van der Waals surface area contributed by atoms with Crippen LogP contribution in [0.4, 0.5) is 4.39 Å². The van der Waals surface area contributed by atoms with E-state index in [1.165, 1.54) is 18.2 Å². The van der Waals surface area contributed by atoms with Crippen molar-refractivity contribution in [1.29, 1.82) is 0 Å². The molecule has 2 aromatic rings. The number of pyridine rings is 1. The molecule has 0 saturated carbocycles. The predicted molar refractivity (Wildman–Crippen MR) is 76.4 cm³/mol. The summed E-state index contributed by atoms with van der Waals surface area (Å²) < 4.78 is 19.3. The first kappa shape index (κ1) is 14.7. The third-order valence-corrected chi connectivity index (χ3v) is 2.87. The number of nitrogens with zero attached hydrogens (tertiary/aromatic N) is 1. The Morgan fingerprint density at radius 3 is 2.90 bits per heavy atom. The van der Waals surface area contributed by atoms with Gasteiger partial charge in [0.15, 0.2) is 11.6 Å². The number of carbonyl (C=O) groups is 1. The molecule has 1 N–H and O–H groups in total. The van der Waals surface area contributed by atoms with Crippen molar-refractivity contribution in [3.8, 4) is 5.75 Å². The standard InChI is InChI=1S/C16H14FNO3/c1-11-4-3-9-18-14(11)10-21-16-12(7-8-15(19)20)5-2-6-13(16)17/h2-9H,10H2,1H3,(H,19,20)/b8-7+. The van der Waals surface area contributed by atoms with E-state index in [2.05, 4.69) is 4.98 Å². The monoisotopic (exact) mass is 287 g/mol. The molecule has 0 amide bonds. The Kier molecular flexibility index (Phi) is 4.66. The van der Waals surface area contributed by atoms with E-state index in [9.17, 15) is 9.18 Å². The Labute approximate surface area is 121 Å². The van der Waals surface area contributed by atoms with Crippen molar-refractivity contribution in [3.05, 3.63) is 65.2 Å². The number of carboxylic acid groups (broad SMARTS) is 1. The van der Waals surface area contributed by atoms with Gasteiger partial charge in [-0.25, -0.2) is 9.18 Å². The minimum absolute atomic E-state index is 0.0139. The SMILES string of the molecule is Cc1cccnc1COc1c(F)cccc1/C=C/C(=O)O. The van der Waals surface area contributed by atoms with Crippen LogP contribution in [0.5, 0.6) is 5.75 Å². The van der Waals surface area contributed by atoms with Crippen LogP contribution in [0.25, 0.3) is 6.08 Å². The van der Waals surface area contributed by atoms with Crippen molar-refractivity contribution in [2.75, 3.05) is 0 Å². The maximum atomic E-state index is 13.9. The molecular weight excluding hydrogens is 273 g/mol. The highest BCUT2D eigenvalue weighted by molar-refractivity contribution is 5.85. The van der Waals surface area contributed by atoms with Crippen LogP contribution in [-0.2, 0) is 11.4 Å². The number of hydrogen-bond donors (Lipinski definition) is 1. The fraction of sp³-hybridized carbons (Fsp3) is 0.125. The molecule has 4 nitrogen and oxygen atoms in total. The van der Waals surface area contributed by atoms with E-state index in [-0.39, 0.29) is 12.4 Å². The molecule has 0 unspecified atom stereocenters. The number of halogens is 1. The van der Waals surface area contributed by atoms with Gasteiger partial charge in [-0.05, 0) is 30.7 Å². The molecule has 0 saturated heterocycles. The van der Waals surface area contributed by atoms with Crippen LogP contribution in [0.2, 0.25) is 0 Å².